The summed E-state index contributed by atoms with van der Waals surface area (Å²) in [5.74, 6) is 0.372. The Morgan fingerprint density at radius 3 is 2.25 bits per heavy atom. The standard InChI is InChI=1S/C21H31N3O4/c1-2-28-20(25)18-3-5-19(6-4-18)23-15-13-22(14-16-23)10-7-17-8-11-24(12-9-17)21(26)27/h3-6,17H,2,7-16H2,1H3,(H,26,27). The molecule has 3 rings (SSSR count). The second kappa shape index (κ2) is 9.78. The SMILES string of the molecule is CCOC(=O)c1ccc(N2CCN(CCC3CCN(C(=O)O)CC3)CC2)cc1. The number of nitrogens with zero attached hydrogens (tertiary/aromatic N) is 3. The predicted octanol–water partition coefficient (Wildman–Crippen LogP) is 2.77. The number of benzene rings is 1. The van der Waals surface area contributed by atoms with Crippen LogP contribution in [0.4, 0.5) is 10.5 Å². The van der Waals surface area contributed by atoms with E-state index in [2.05, 4.69) is 9.80 Å². The maximum absolute atomic E-state index is 11.8. The number of esters is 1. The molecule has 1 N–H and O–H groups in total. The number of carboxylic acid groups (broad SMARTS) is 1. The molecule has 1 aromatic rings. The monoisotopic (exact) mass is 389 g/mol. The van der Waals surface area contributed by atoms with Crippen molar-refractivity contribution in [2.45, 2.75) is 26.2 Å². The highest BCUT2D eigenvalue weighted by Crippen LogP contribution is 2.22. The van der Waals surface area contributed by atoms with Crippen LogP contribution in [0.5, 0.6) is 0 Å². The molecule has 154 valence electrons. The van der Waals surface area contributed by atoms with Gasteiger partial charge in [0.2, 0.25) is 0 Å². The van der Waals surface area contributed by atoms with Gasteiger partial charge in [0, 0.05) is 45.0 Å². The summed E-state index contributed by atoms with van der Waals surface area (Å²) in [6.07, 6.45) is 2.34. The van der Waals surface area contributed by atoms with Crippen molar-refractivity contribution in [3.05, 3.63) is 29.8 Å². The summed E-state index contributed by atoms with van der Waals surface area (Å²) in [4.78, 5) is 29.1. The van der Waals surface area contributed by atoms with Crippen LogP contribution >= 0.6 is 0 Å². The Kier molecular flexibility index (Phi) is 7.14. The lowest BCUT2D eigenvalue weighted by Crippen LogP contribution is -2.47. The number of rotatable bonds is 6. The first-order valence-electron chi connectivity index (χ1n) is 10.3. The van der Waals surface area contributed by atoms with E-state index in [9.17, 15) is 9.59 Å². The van der Waals surface area contributed by atoms with Gasteiger partial charge in [-0.05, 0) is 62.9 Å². The average molecular weight is 389 g/mol. The van der Waals surface area contributed by atoms with Gasteiger partial charge in [0.1, 0.15) is 0 Å². The molecular weight excluding hydrogens is 358 g/mol. The van der Waals surface area contributed by atoms with Crippen molar-refractivity contribution in [2.75, 3.05) is 57.3 Å². The minimum absolute atomic E-state index is 0.270. The summed E-state index contributed by atoms with van der Waals surface area (Å²) in [7, 11) is 0. The van der Waals surface area contributed by atoms with Crippen LogP contribution in [0, 0.1) is 5.92 Å². The molecule has 0 bridgehead atoms. The quantitative estimate of drug-likeness (QED) is 0.754. The van der Waals surface area contributed by atoms with E-state index < -0.39 is 6.09 Å². The minimum Gasteiger partial charge on any atom is -0.465 e. The van der Waals surface area contributed by atoms with E-state index in [0.717, 1.165) is 57.7 Å². The molecule has 2 fully saturated rings. The van der Waals surface area contributed by atoms with Crippen LogP contribution in [0.3, 0.4) is 0 Å². The molecule has 0 spiro atoms. The molecule has 2 saturated heterocycles. The fourth-order valence-electron chi connectivity index (χ4n) is 4.03. The Bertz CT molecular complexity index is 648. The molecule has 0 unspecified atom stereocenters. The van der Waals surface area contributed by atoms with Crippen molar-refractivity contribution in [3.8, 4) is 0 Å². The van der Waals surface area contributed by atoms with E-state index >= 15 is 0 Å². The number of carbonyl (C=O) groups excluding carboxylic acids is 1. The summed E-state index contributed by atoms with van der Waals surface area (Å²) >= 11 is 0. The van der Waals surface area contributed by atoms with E-state index in [1.54, 1.807) is 0 Å². The highest BCUT2D eigenvalue weighted by atomic mass is 16.5. The van der Waals surface area contributed by atoms with Crippen LogP contribution in [-0.2, 0) is 4.74 Å². The Balaban J connectivity index is 1.39. The van der Waals surface area contributed by atoms with Crippen molar-refractivity contribution in [1.29, 1.82) is 0 Å². The molecule has 0 saturated carbocycles. The summed E-state index contributed by atoms with van der Waals surface area (Å²) in [6, 6.07) is 7.67. The molecule has 0 aliphatic carbocycles. The van der Waals surface area contributed by atoms with Crippen molar-refractivity contribution < 1.29 is 19.4 Å². The lowest BCUT2D eigenvalue weighted by molar-refractivity contribution is 0.0526. The van der Waals surface area contributed by atoms with Crippen molar-refractivity contribution in [1.82, 2.24) is 9.80 Å². The number of piperazine rings is 1. The number of hydrogen-bond acceptors (Lipinski definition) is 5. The number of amides is 1. The van der Waals surface area contributed by atoms with Gasteiger partial charge in [0.05, 0.1) is 12.2 Å². The largest absolute Gasteiger partial charge is 0.465 e. The second-order valence-corrected chi connectivity index (χ2v) is 7.60. The zero-order chi connectivity index (χ0) is 19.9. The van der Waals surface area contributed by atoms with Crippen LogP contribution in [0.2, 0.25) is 0 Å². The number of carbonyl (C=O) groups is 2. The van der Waals surface area contributed by atoms with Crippen molar-refractivity contribution >= 4 is 17.7 Å². The fraction of sp³-hybridized carbons (Fsp3) is 0.619. The normalized spacial score (nSPS) is 18.9. The van der Waals surface area contributed by atoms with Crippen LogP contribution in [0.1, 0.15) is 36.5 Å². The average Bonchev–Trinajstić information content (AvgIpc) is 2.73. The zero-order valence-corrected chi connectivity index (χ0v) is 16.7. The van der Waals surface area contributed by atoms with Gasteiger partial charge in [-0.2, -0.15) is 0 Å². The van der Waals surface area contributed by atoms with E-state index in [4.69, 9.17) is 9.84 Å². The lowest BCUT2D eigenvalue weighted by Gasteiger charge is -2.37. The van der Waals surface area contributed by atoms with Crippen molar-refractivity contribution in [3.63, 3.8) is 0 Å². The van der Waals surface area contributed by atoms with Gasteiger partial charge in [-0.15, -0.1) is 0 Å². The molecule has 7 nitrogen and oxygen atoms in total. The number of piperidine rings is 1. The van der Waals surface area contributed by atoms with Crippen LogP contribution in [0.15, 0.2) is 24.3 Å². The van der Waals surface area contributed by atoms with Gasteiger partial charge in [-0.25, -0.2) is 9.59 Å². The van der Waals surface area contributed by atoms with E-state index in [1.165, 1.54) is 4.90 Å². The van der Waals surface area contributed by atoms with Gasteiger partial charge in [0.15, 0.2) is 0 Å². The van der Waals surface area contributed by atoms with Gasteiger partial charge < -0.3 is 19.6 Å². The number of hydrogen-bond donors (Lipinski definition) is 1. The molecule has 7 heteroatoms. The molecule has 2 aliphatic heterocycles. The molecule has 28 heavy (non-hydrogen) atoms. The highest BCUT2D eigenvalue weighted by molar-refractivity contribution is 5.89. The summed E-state index contributed by atoms with van der Waals surface area (Å²) in [5, 5.41) is 9.03. The predicted molar refractivity (Wildman–Crippen MR) is 108 cm³/mol. The van der Waals surface area contributed by atoms with Gasteiger partial charge >= 0.3 is 12.1 Å². The van der Waals surface area contributed by atoms with Crippen LogP contribution < -0.4 is 4.90 Å². The van der Waals surface area contributed by atoms with E-state index in [0.29, 0.717) is 31.2 Å². The third-order valence-electron chi connectivity index (χ3n) is 5.85. The maximum Gasteiger partial charge on any atom is 0.407 e. The Labute approximate surface area is 166 Å². The molecule has 0 atom stereocenters. The van der Waals surface area contributed by atoms with Crippen LogP contribution in [0.25, 0.3) is 0 Å². The molecule has 1 amide bonds. The maximum atomic E-state index is 11.8. The molecular formula is C21H31N3O4. The summed E-state index contributed by atoms with van der Waals surface area (Å²) in [5.41, 5.74) is 1.74. The van der Waals surface area contributed by atoms with Crippen LogP contribution in [-0.4, -0.2) is 79.4 Å². The smallest absolute Gasteiger partial charge is 0.407 e. The van der Waals surface area contributed by atoms with E-state index in [-0.39, 0.29) is 5.97 Å². The molecule has 2 heterocycles. The Morgan fingerprint density at radius 1 is 1.04 bits per heavy atom. The summed E-state index contributed by atoms with van der Waals surface area (Å²) in [6.45, 7) is 8.68. The molecule has 1 aromatic carbocycles. The Morgan fingerprint density at radius 2 is 1.68 bits per heavy atom. The number of likely N-dealkylation sites (tertiary alicyclic amines) is 1. The first kappa shape index (κ1) is 20.5. The fourth-order valence-corrected chi connectivity index (χ4v) is 4.03. The third-order valence-corrected chi connectivity index (χ3v) is 5.85. The minimum atomic E-state index is -0.787. The van der Waals surface area contributed by atoms with Gasteiger partial charge in [-0.3, -0.25) is 4.90 Å². The first-order valence-corrected chi connectivity index (χ1v) is 10.3. The molecule has 2 aliphatic rings. The lowest BCUT2D eigenvalue weighted by atomic mass is 9.93. The zero-order valence-electron chi connectivity index (χ0n) is 16.7. The molecule has 0 radical (unpaired) electrons. The van der Waals surface area contributed by atoms with Gasteiger partial charge in [-0.1, -0.05) is 0 Å². The molecule has 0 aromatic heterocycles. The first-order chi connectivity index (χ1) is 13.6. The van der Waals surface area contributed by atoms with E-state index in [1.807, 2.05) is 31.2 Å². The topological polar surface area (TPSA) is 73.3 Å². The summed E-state index contributed by atoms with van der Waals surface area (Å²) < 4.78 is 5.03. The highest BCUT2D eigenvalue weighted by Gasteiger charge is 2.23. The van der Waals surface area contributed by atoms with Crippen molar-refractivity contribution in [2.24, 2.45) is 5.92 Å². The van der Waals surface area contributed by atoms with Gasteiger partial charge in [0.25, 0.3) is 0 Å². The second-order valence-electron chi connectivity index (χ2n) is 7.60. The third kappa shape index (κ3) is 5.38. The number of anilines is 1. The number of ether oxygens (including phenoxy) is 1. The Hall–Kier alpha value is -2.28.